The predicted molar refractivity (Wildman–Crippen MR) is 105 cm³/mol. The van der Waals surface area contributed by atoms with Crippen molar-refractivity contribution in [3.63, 3.8) is 0 Å². The van der Waals surface area contributed by atoms with Crippen molar-refractivity contribution < 1.29 is 17.9 Å². The molecule has 1 aliphatic carbocycles. The third-order valence-corrected chi connectivity index (χ3v) is 5.92. The number of nitrogens with zero attached hydrogens (tertiary/aromatic N) is 3. The largest absolute Gasteiger partial charge is 0.472 e. The van der Waals surface area contributed by atoms with Crippen molar-refractivity contribution >= 4 is 6.08 Å². The highest BCUT2D eigenvalue weighted by Gasteiger charge is 2.35. The van der Waals surface area contributed by atoms with Crippen LogP contribution in [0.15, 0.2) is 35.9 Å². The number of piperidine rings is 1. The van der Waals surface area contributed by atoms with Gasteiger partial charge in [-0.2, -0.15) is 13.2 Å². The van der Waals surface area contributed by atoms with Crippen LogP contribution in [-0.4, -0.2) is 33.8 Å². The van der Waals surface area contributed by atoms with Crippen molar-refractivity contribution in [1.29, 1.82) is 0 Å². The molecular formula is C22H26F3N3O. The molecule has 0 bridgehead atoms. The van der Waals surface area contributed by atoms with Gasteiger partial charge >= 0.3 is 6.18 Å². The maximum absolute atomic E-state index is 12.8. The van der Waals surface area contributed by atoms with Crippen molar-refractivity contribution in [2.24, 2.45) is 7.05 Å². The Kier molecular flexibility index (Phi) is 5.67. The Morgan fingerprint density at radius 2 is 1.83 bits per heavy atom. The molecule has 2 fully saturated rings. The van der Waals surface area contributed by atoms with Gasteiger partial charge in [0, 0.05) is 32.2 Å². The number of benzene rings is 1. The highest BCUT2D eigenvalue weighted by Crippen LogP contribution is 2.31. The van der Waals surface area contributed by atoms with Gasteiger partial charge in [0.15, 0.2) is 0 Å². The van der Waals surface area contributed by atoms with Gasteiger partial charge in [0.1, 0.15) is 12.3 Å². The lowest BCUT2D eigenvalue weighted by atomic mass is 9.89. The van der Waals surface area contributed by atoms with Gasteiger partial charge in [-0.1, -0.05) is 42.3 Å². The van der Waals surface area contributed by atoms with E-state index in [2.05, 4.69) is 16.1 Å². The van der Waals surface area contributed by atoms with Crippen LogP contribution in [0.2, 0.25) is 0 Å². The first-order chi connectivity index (χ1) is 13.9. The van der Waals surface area contributed by atoms with Crippen LogP contribution >= 0.6 is 0 Å². The van der Waals surface area contributed by atoms with Crippen LogP contribution in [0.4, 0.5) is 13.2 Å². The molecule has 1 aliphatic heterocycles. The first-order valence-electron chi connectivity index (χ1n) is 10.1. The van der Waals surface area contributed by atoms with E-state index in [1.165, 1.54) is 31.9 Å². The summed E-state index contributed by atoms with van der Waals surface area (Å²) in [6.07, 6.45) is 4.18. The Balaban J connectivity index is 1.30. The number of aryl methyl sites for hydroxylation is 1. The van der Waals surface area contributed by atoms with Crippen LogP contribution in [0.1, 0.15) is 48.9 Å². The second-order valence-corrected chi connectivity index (χ2v) is 7.94. The minimum Gasteiger partial charge on any atom is -0.472 e. The molecule has 1 aromatic heterocycles. The number of ether oxygens (including phenoxy) is 1. The molecule has 0 spiro atoms. The standard InChI is InChI=1S/C22H26F3N3O/c1-27-20(22(23,24)25)14-21(26-27)29-15-18-7-5-16(6-8-18)13-17-9-11-28(12-10-17)19-3-2-4-19/h5-8,13-14,19H,2-4,9-12,15H2,1H3. The van der Waals surface area contributed by atoms with E-state index in [1.807, 2.05) is 24.3 Å². The quantitative estimate of drug-likeness (QED) is 0.697. The van der Waals surface area contributed by atoms with Crippen molar-refractivity contribution in [1.82, 2.24) is 14.7 Å². The summed E-state index contributed by atoms with van der Waals surface area (Å²) < 4.78 is 44.7. The second-order valence-electron chi connectivity index (χ2n) is 7.94. The molecule has 2 heterocycles. The fourth-order valence-electron chi connectivity index (χ4n) is 3.95. The van der Waals surface area contributed by atoms with E-state index in [4.69, 9.17) is 4.74 Å². The number of alkyl halides is 3. The minimum absolute atomic E-state index is 0.0238. The molecule has 0 unspecified atom stereocenters. The molecule has 2 aliphatic rings. The maximum atomic E-state index is 12.8. The maximum Gasteiger partial charge on any atom is 0.433 e. The van der Waals surface area contributed by atoms with Crippen LogP contribution in [0, 0.1) is 0 Å². The number of aromatic nitrogens is 2. The van der Waals surface area contributed by atoms with Gasteiger partial charge < -0.3 is 4.74 Å². The molecule has 4 nitrogen and oxygen atoms in total. The topological polar surface area (TPSA) is 30.3 Å². The molecule has 2 aromatic rings. The van der Waals surface area contributed by atoms with E-state index in [0.29, 0.717) is 0 Å². The second kappa shape index (κ2) is 8.22. The molecule has 1 saturated carbocycles. The van der Waals surface area contributed by atoms with Gasteiger partial charge in [-0.05, 0) is 36.8 Å². The monoisotopic (exact) mass is 405 g/mol. The summed E-state index contributed by atoms with van der Waals surface area (Å²) in [6, 6.07) is 9.71. The summed E-state index contributed by atoms with van der Waals surface area (Å²) >= 11 is 0. The Labute approximate surface area is 169 Å². The third kappa shape index (κ3) is 4.83. The van der Waals surface area contributed by atoms with E-state index in [9.17, 15) is 13.2 Å². The highest BCUT2D eigenvalue weighted by atomic mass is 19.4. The van der Waals surface area contributed by atoms with E-state index >= 15 is 0 Å². The van der Waals surface area contributed by atoms with Crippen molar-refractivity contribution in [2.75, 3.05) is 13.1 Å². The lowest BCUT2D eigenvalue weighted by Crippen LogP contribution is -2.43. The smallest absolute Gasteiger partial charge is 0.433 e. The first kappa shape index (κ1) is 20.0. The summed E-state index contributed by atoms with van der Waals surface area (Å²) in [4.78, 5) is 2.63. The predicted octanol–water partition coefficient (Wildman–Crippen LogP) is 5.05. The summed E-state index contributed by atoms with van der Waals surface area (Å²) in [5, 5.41) is 3.78. The molecule has 1 saturated heterocycles. The highest BCUT2D eigenvalue weighted by molar-refractivity contribution is 5.53. The molecule has 0 amide bonds. The summed E-state index contributed by atoms with van der Waals surface area (Å²) in [7, 11) is 1.26. The van der Waals surface area contributed by atoms with E-state index in [1.54, 1.807) is 0 Å². The fourth-order valence-corrected chi connectivity index (χ4v) is 3.95. The Morgan fingerprint density at radius 1 is 1.14 bits per heavy atom. The van der Waals surface area contributed by atoms with E-state index in [0.717, 1.165) is 53.8 Å². The molecule has 29 heavy (non-hydrogen) atoms. The zero-order valence-corrected chi connectivity index (χ0v) is 16.6. The van der Waals surface area contributed by atoms with Gasteiger partial charge in [-0.25, -0.2) is 0 Å². The number of halogens is 3. The first-order valence-corrected chi connectivity index (χ1v) is 10.1. The van der Waals surface area contributed by atoms with Gasteiger partial charge in [0.2, 0.25) is 5.88 Å². The number of rotatable bonds is 5. The average molecular weight is 405 g/mol. The van der Waals surface area contributed by atoms with Gasteiger partial charge in [-0.15, -0.1) is 5.10 Å². The molecule has 7 heteroatoms. The SMILES string of the molecule is Cn1nc(OCc2ccc(C=C3CCN(C4CCC4)CC3)cc2)cc1C(F)(F)F. The van der Waals surface area contributed by atoms with Crippen LogP contribution < -0.4 is 4.74 Å². The Bertz CT molecular complexity index is 856. The van der Waals surface area contributed by atoms with Crippen LogP contribution in [0.25, 0.3) is 6.08 Å². The minimum atomic E-state index is -4.44. The molecule has 0 atom stereocenters. The molecule has 4 rings (SSSR count). The average Bonchev–Trinajstić information content (AvgIpc) is 3.02. The molecular weight excluding hydrogens is 379 g/mol. The molecule has 0 radical (unpaired) electrons. The normalized spacial score (nSPS) is 18.6. The zero-order chi connectivity index (χ0) is 20.4. The van der Waals surface area contributed by atoms with Gasteiger partial charge in [0.05, 0.1) is 0 Å². The van der Waals surface area contributed by atoms with Crippen LogP contribution in [0.3, 0.4) is 0 Å². The Morgan fingerprint density at radius 3 is 2.38 bits per heavy atom. The van der Waals surface area contributed by atoms with Crippen LogP contribution in [-0.2, 0) is 19.8 Å². The number of hydrogen-bond donors (Lipinski definition) is 0. The van der Waals surface area contributed by atoms with Crippen molar-refractivity contribution in [3.8, 4) is 5.88 Å². The third-order valence-electron chi connectivity index (χ3n) is 5.92. The summed E-state index contributed by atoms with van der Waals surface area (Å²) in [5.74, 6) is -0.0238. The van der Waals surface area contributed by atoms with Gasteiger partial charge in [-0.3, -0.25) is 9.58 Å². The lowest BCUT2D eigenvalue weighted by Gasteiger charge is -2.40. The number of hydrogen-bond acceptors (Lipinski definition) is 3. The molecule has 0 N–H and O–H groups in total. The molecule has 156 valence electrons. The zero-order valence-electron chi connectivity index (χ0n) is 16.6. The Hall–Kier alpha value is -2.28. The van der Waals surface area contributed by atoms with Crippen molar-refractivity contribution in [2.45, 2.75) is 50.9 Å². The van der Waals surface area contributed by atoms with Crippen LogP contribution in [0.5, 0.6) is 5.88 Å². The fraction of sp³-hybridized carbons (Fsp3) is 0.500. The van der Waals surface area contributed by atoms with E-state index < -0.39 is 11.9 Å². The summed E-state index contributed by atoms with van der Waals surface area (Å²) in [6.45, 7) is 2.50. The van der Waals surface area contributed by atoms with Crippen molar-refractivity contribution in [3.05, 3.63) is 52.7 Å². The van der Waals surface area contributed by atoms with E-state index in [-0.39, 0.29) is 12.5 Å². The summed E-state index contributed by atoms with van der Waals surface area (Å²) in [5.41, 5.74) is 2.71. The van der Waals surface area contributed by atoms with Gasteiger partial charge in [0.25, 0.3) is 0 Å². The number of likely N-dealkylation sites (tertiary alicyclic amines) is 1. The molecule has 1 aromatic carbocycles. The lowest BCUT2D eigenvalue weighted by molar-refractivity contribution is -0.143.